The van der Waals surface area contributed by atoms with E-state index in [-0.39, 0.29) is 0 Å². The van der Waals surface area contributed by atoms with Crippen LogP contribution >= 0.6 is 0 Å². The number of unbranched alkanes of at least 4 members (excludes halogenated alkanes) is 1. The molecule has 9 heteroatoms. The van der Waals surface area contributed by atoms with Crippen molar-refractivity contribution < 1.29 is 22.7 Å². The predicted molar refractivity (Wildman–Crippen MR) is 150 cm³/mol. The molecule has 0 saturated carbocycles. The Kier molecular flexibility index (Phi) is 8.03. The number of nitrogens with zero attached hydrogens (tertiary/aromatic N) is 3. The van der Waals surface area contributed by atoms with E-state index in [0.29, 0.717) is 24.8 Å². The number of piperazine rings is 1. The van der Waals surface area contributed by atoms with E-state index >= 15 is 0 Å². The number of halogens is 3. The van der Waals surface area contributed by atoms with Crippen LogP contribution in [0.2, 0.25) is 0 Å². The van der Waals surface area contributed by atoms with E-state index < -0.39 is 24.0 Å². The van der Waals surface area contributed by atoms with Crippen LogP contribution in [0.3, 0.4) is 0 Å². The summed E-state index contributed by atoms with van der Waals surface area (Å²) in [5, 5.41) is 2.22. The normalized spacial score (nSPS) is 18.2. The van der Waals surface area contributed by atoms with Crippen molar-refractivity contribution in [2.75, 3.05) is 44.7 Å². The molecule has 0 unspecified atom stereocenters. The summed E-state index contributed by atoms with van der Waals surface area (Å²) in [6.07, 6.45) is -2.51. The molecule has 1 aliphatic carbocycles. The summed E-state index contributed by atoms with van der Waals surface area (Å²) >= 11 is 0. The number of ether oxygens (including phenoxy) is 1. The molecule has 212 valence electrons. The van der Waals surface area contributed by atoms with Gasteiger partial charge in [0.2, 0.25) is 11.8 Å². The molecule has 5 rings (SSSR count). The molecule has 2 aliphatic rings. The Morgan fingerprint density at radius 2 is 1.68 bits per heavy atom. The lowest BCUT2D eigenvalue weighted by Gasteiger charge is -2.40. The van der Waals surface area contributed by atoms with Crippen LogP contribution in [0.25, 0.3) is 11.1 Å². The molecular weight excluding hydrogens is 517 g/mol. The van der Waals surface area contributed by atoms with Crippen LogP contribution in [0.1, 0.15) is 37.3 Å². The highest BCUT2D eigenvalue weighted by Gasteiger charge is 2.49. The lowest BCUT2D eigenvalue weighted by Crippen LogP contribution is -2.52. The van der Waals surface area contributed by atoms with E-state index in [1.165, 1.54) is 0 Å². The monoisotopic (exact) mass is 552 g/mol. The number of benzene rings is 2. The van der Waals surface area contributed by atoms with Crippen LogP contribution in [-0.4, -0.2) is 67.8 Å². The molecule has 40 heavy (non-hydrogen) atoms. The molecule has 1 amide bonds. The van der Waals surface area contributed by atoms with Gasteiger partial charge in [-0.25, -0.2) is 0 Å². The van der Waals surface area contributed by atoms with Crippen molar-refractivity contribution in [3.63, 3.8) is 0 Å². The van der Waals surface area contributed by atoms with Crippen LogP contribution < -0.4 is 15.0 Å². The fourth-order valence-corrected chi connectivity index (χ4v) is 6.22. The minimum atomic E-state index is -4.48. The van der Waals surface area contributed by atoms with Crippen molar-refractivity contribution >= 4 is 11.7 Å². The SMILES string of the molecule is COc1cccc(N2CCN(CCCCC3(C(=O)NCC(F)(F)F)c4ccccc4-c4ccccc43)[C@H](C)C2)n1. The minimum absolute atomic E-state index is 0.304. The Bertz CT molecular complexity index is 1300. The molecule has 1 aliphatic heterocycles. The number of rotatable bonds is 9. The third-order valence-corrected chi connectivity index (χ3v) is 8.16. The first-order chi connectivity index (χ1) is 19.2. The van der Waals surface area contributed by atoms with Gasteiger partial charge in [-0.2, -0.15) is 18.2 Å². The van der Waals surface area contributed by atoms with Gasteiger partial charge in [0.15, 0.2) is 0 Å². The Balaban J connectivity index is 1.28. The molecular formula is C31H35F3N4O2. The van der Waals surface area contributed by atoms with E-state index in [1.807, 2.05) is 66.7 Å². The van der Waals surface area contributed by atoms with Crippen LogP contribution in [0, 0.1) is 0 Å². The highest BCUT2D eigenvalue weighted by molar-refractivity contribution is 6.00. The molecule has 1 N–H and O–H groups in total. The van der Waals surface area contributed by atoms with Gasteiger partial charge in [0, 0.05) is 31.7 Å². The number of carbonyl (C=O) groups is 1. The van der Waals surface area contributed by atoms with Crippen molar-refractivity contribution in [1.82, 2.24) is 15.2 Å². The van der Waals surface area contributed by atoms with Crippen LogP contribution in [0.5, 0.6) is 5.88 Å². The highest BCUT2D eigenvalue weighted by Crippen LogP contribution is 2.51. The lowest BCUT2D eigenvalue weighted by atomic mass is 9.73. The second kappa shape index (κ2) is 11.5. The van der Waals surface area contributed by atoms with Crippen molar-refractivity contribution in [2.24, 2.45) is 0 Å². The molecule has 6 nitrogen and oxygen atoms in total. The molecule has 0 bridgehead atoms. The Morgan fingerprint density at radius 1 is 1.00 bits per heavy atom. The third kappa shape index (κ3) is 5.52. The maximum atomic E-state index is 13.7. The van der Waals surface area contributed by atoms with Gasteiger partial charge in [0.25, 0.3) is 0 Å². The van der Waals surface area contributed by atoms with E-state index in [0.717, 1.165) is 60.7 Å². The lowest BCUT2D eigenvalue weighted by molar-refractivity contribution is -0.141. The van der Waals surface area contributed by atoms with Crippen molar-refractivity contribution in [3.8, 4) is 17.0 Å². The topological polar surface area (TPSA) is 57.7 Å². The molecule has 1 fully saturated rings. The number of nitrogens with one attached hydrogen (secondary N) is 1. The average molecular weight is 553 g/mol. The second-order valence-corrected chi connectivity index (χ2v) is 10.6. The summed E-state index contributed by atoms with van der Waals surface area (Å²) in [4.78, 5) is 22.9. The number of methoxy groups -OCH3 is 1. The first-order valence-corrected chi connectivity index (χ1v) is 13.8. The maximum Gasteiger partial charge on any atom is 0.405 e. The van der Waals surface area contributed by atoms with E-state index in [2.05, 4.69) is 27.0 Å². The first kappa shape index (κ1) is 28.0. The van der Waals surface area contributed by atoms with Crippen molar-refractivity contribution in [3.05, 3.63) is 77.9 Å². The van der Waals surface area contributed by atoms with Gasteiger partial charge < -0.3 is 15.0 Å². The van der Waals surface area contributed by atoms with Crippen LogP contribution in [0.4, 0.5) is 19.0 Å². The number of anilines is 1. The van der Waals surface area contributed by atoms with Gasteiger partial charge in [-0.1, -0.05) is 61.0 Å². The van der Waals surface area contributed by atoms with E-state index in [1.54, 1.807) is 7.11 Å². The number of hydrogen-bond acceptors (Lipinski definition) is 5. The highest BCUT2D eigenvalue weighted by atomic mass is 19.4. The quantitative estimate of drug-likeness (QED) is 0.360. The van der Waals surface area contributed by atoms with Gasteiger partial charge in [-0.15, -0.1) is 0 Å². The summed E-state index contributed by atoms with van der Waals surface area (Å²) < 4.78 is 44.6. The molecule has 0 spiro atoms. The number of amides is 1. The number of hydrogen-bond donors (Lipinski definition) is 1. The molecule has 2 heterocycles. The van der Waals surface area contributed by atoms with Crippen molar-refractivity contribution in [2.45, 2.75) is 43.8 Å². The zero-order chi connectivity index (χ0) is 28.3. The Hall–Kier alpha value is -3.59. The summed E-state index contributed by atoms with van der Waals surface area (Å²) in [7, 11) is 1.61. The van der Waals surface area contributed by atoms with Gasteiger partial charge >= 0.3 is 6.18 Å². The summed E-state index contributed by atoms with van der Waals surface area (Å²) in [5.41, 5.74) is 2.24. The minimum Gasteiger partial charge on any atom is -0.481 e. The zero-order valence-electron chi connectivity index (χ0n) is 22.9. The van der Waals surface area contributed by atoms with E-state index in [4.69, 9.17) is 4.74 Å². The van der Waals surface area contributed by atoms with Crippen LogP contribution in [-0.2, 0) is 10.2 Å². The maximum absolute atomic E-state index is 13.7. The molecule has 1 saturated heterocycles. The van der Waals surface area contributed by atoms with Gasteiger partial charge in [-0.3, -0.25) is 9.69 Å². The zero-order valence-corrected chi connectivity index (χ0v) is 22.9. The number of carbonyl (C=O) groups excluding carboxylic acids is 1. The Labute approximate surface area is 233 Å². The number of pyridine rings is 1. The molecule has 1 aromatic heterocycles. The molecule has 3 aromatic rings. The standard InChI is InChI=1S/C31H35F3N4O2/c1-22-20-38(27-14-9-15-28(36-27)40-2)19-18-37(22)17-8-7-16-30(29(39)35-21-31(32,33)34)25-12-5-3-10-23(25)24-11-4-6-13-26(24)30/h3-6,9-15,22H,7-8,16-21H2,1-2H3,(H,35,39)/t22-/m1/s1. The summed E-state index contributed by atoms with van der Waals surface area (Å²) in [5.74, 6) is 0.905. The van der Waals surface area contributed by atoms with Crippen LogP contribution in [0.15, 0.2) is 66.7 Å². The van der Waals surface area contributed by atoms with Crippen molar-refractivity contribution in [1.29, 1.82) is 0 Å². The first-order valence-electron chi connectivity index (χ1n) is 13.8. The third-order valence-electron chi connectivity index (χ3n) is 8.16. The molecule has 2 aromatic carbocycles. The number of alkyl halides is 3. The molecule has 1 atom stereocenters. The summed E-state index contributed by atoms with van der Waals surface area (Å²) in [6.45, 7) is 4.26. The molecule has 0 radical (unpaired) electrons. The fourth-order valence-electron chi connectivity index (χ4n) is 6.22. The fraction of sp³-hybridized carbons (Fsp3) is 0.419. The largest absolute Gasteiger partial charge is 0.481 e. The van der Waals surface area contributed by atoms with E-state index in [9.17, 15) is 18.0 Å². The van der Waals surface area contributed by atoms with Gasteiger partial charge in [0.05, 0.1) is 7.11 Å². The van der Waals surface area contributed by atoms with Gasteiger partial charge in [0.1, 0.15) is 17.8 Å². The second-order valence-electron chi connectivity index (χ2n) is 10.6. The summed E-state index contributed by atoms with van der Waals surface area (Å²) in [6, 6.07) is 21.3. The smallest absolute Gasteiger partial charge is 0.405 e. The number of fused-ring (bicyclic) bond motifs is 3. The Morgan fingerprint density at radius 3 is 2.30 bits per heavy atom. The van der Waals surface area contributed by atoms with Gasteiger partial charge in [-0.05, 0) is 54.6 Å². The predicted octanol–water partition coefficient (Wildman–Crippen LogP) is 5.42. The number of aromatic nitrogens is 1. The average Bonchev–Trinajstić information content (AvgIpc) is 3.25.